The van der Waals surface area contributed by atoms with Crippen molar-refractivity contribution in [2.24, 2.45) is 0 Å². The van der Waals surface area contributed by atoms with Crippen LogP contribution < -0.4 is 10.1 Å². The third-order valence-electron chi connectivity index (χ3n) is 3.12. The second-order valence-electron chi connectivity index (χ2n) is 4.59. The van der Waals surface area contributed by atoms with Crippen molar-refractivity contribution < 1.29 is 9.13 Å². The van der Waals surface area contributed by atoms with Gasteiger partial charge in [-0.15, -0.1) is 0 Å². The summed E-state index contributed by atoms with van der Waals surface area (Å²) < 4.78 is 20.0. The van der Waals surface area contributed by atoms with Crippen molar-refractivity contribution in [1.29, 1.82) is 0 Å². The van der Waals surface area contributed by atoms with Crippen molar-refractivity contribution in [1.82, 2.24) is 0 Å². The molecule has 19 heavy (non-hydrogen) atoms. The van der Waals surface area contributed by atoms with Crippen LogP contribution in [-0.4, -0.2) is 12.6 Å². The fourth-order valence-corrected chi connectivity index (χ4v) is 2.64. The molecule has 0 aliphatic carbocycles. The Balaban J connectivity index is 1.62. The van der Waals surface area contributed by atoms with E-state index in [0.717, 1.165) is 22.3 Å². The van der Waals surface area contributed by atoms with E-state index in [1.54, 1.807) is 6.07 Å². The van der Waals surface area contributed by atoms with E-state index in [9.17, 15) is 4.39 Å². The molecule has 2 nitrogen and oxygen atoms in total. The van der Waals surface area contributed by atoms with E-state index >= 15 is 0 Å². The Morgan fingerprint density at radius 1 is 1.26 bits per heavy atom. The Bertz CT molecular complexity index is 602. The fourth-order valence-electron chi connectivity index (χ4n) is 2.23. The van der Waals surface area contributed by atoms with Gasteiger partial charge in [0.1, 0.15) is 17.7 Å². The molecule has 1 heterocycles. The smallest absolute Gasteiger partial charge is 0.125 e. The lowest BCUT2D eigenvalue weighted by Gasteiger charge is -2.12. The highest BCUT2D eigenvalue weighted by Gasteiger charge is 2.22. The number of hydrogen-bond donors (Lipinski definition) is 1. The van der Waals surface area contributed by atoms with Crippen LogP contribution >= 0.6 is 15.9 Å². The summed E-state index contributed by atoms with van der Waals surface area (Å²) in [6, 6.07) is 12.5. The number of ether oxygens (including phenoxy) is 1. The van der Waals surface area contributed by atoms with Crippen LogP contribution in [0.5, 0.6) is 5.75 Å². The van der Waals surface area contributed by atoms with Crippen molar-refractivity contribution in [2.75, 3.05) is 11.9 Å². The zero-order chi connectivity index (χ0) is 13.2. The van der Waals surface area contributed by atoms with Crippen molar-refractivity contribution in [3.63, 3.8) is 0 Å². The molecule has 1 N–H and O–H groups in total. The van der Waals surface area contributed by atoms with E-state index < -0.39 is 0 Å². The lowest BCUT2D eigenvalue weighted by Crippen LogP contribution is -2.23. The Morgan fingerprint density at radius 2 is 2.16 bits per heavy atom. The summed E-state index contributed by atoms with van der Waals surface area (Å²) in [6.45, 7) is 0.662. The van der Waals surface area contributed by atoms with E-state index in [4.69, 9.17) is 4.74 Å². The van der Waals surface area contributed by atoms with Gasteiger partial charge in [0.05, 0.1) is 6.54 Å². The summed E-state index contributed by atoms with van der Waals surface area (Å²) in [5.74, 6) is 0.707. The average molecular weight is 322 g/mol. The molecule has 0 radical (unpaired) electrons. The number of fused-ring (bicyclic) bond motifs is 1. The predicted molar refractivity (Wildman–Crippen MR) is 77.2 cm³/mol. The summed E-state index contributed by atoms with van der Waals surface area (Å²) in [6.07, 6.45) is 0.962. The maximum atomic E-state index is 13.1. The van der Waals surface area contributed by atoms with Crippen LogP contribution in [-0.2, 0) is 6.42 Å². The zero-order valence-electron chi connectivity index (χ0n) is 10.2. The van der Waals surface area contributed by atoms with Gasteiger partial charge < -0.3 is 10.1 Å². The lowest BCUT2D eigenvalue weighted by molar-refractivity contribution is 0.246. The number of nitrogens with one attached hydrogen (secondary N) is 1. The molecule has 0 spiro atoms. The Hall–Kier alpha value is -1.55. The van der Waals surface area contributed by atoms with Crippen LogP contribution in [0.15, 0.2) is 46.9 Å². The molecule has 4 heteroatoms. The molecular formula is C15H13BrFNO. The van der Waals surface area contributed by atoms with E-state index in [0.29, 0.717) is 6.54 Å². The maximum Gasteiger partial charge on any atom is 0.125 e. The van der Waals surface area contributed by atoms with Gasteiger partial charge in [0.2, 0.25) is 0 Å². The maximum absolute atomic E-state index is 13.1. The summed E-state index contributed by atoms with van der Waals surface area (Å²) in [5, 5.41) is 3.20. The molecule has 1 aliphatic heterocycles. The summed E-state index contributed by atoms with van der Waals surface area (Å²) in [5.41, 5.74) is 1.99. The summed E-state index contributed by atoms with van der Waals surface area (Å²) in [4.78, 5) is 0. The van der Waals surface area contributed by atoms with Gasteiger partial charge in [-0.25, -0.2) is 4.39 Å². The molecule has 2 aromatic carbocycles. The molecule has 98 valence electrons. The molecule has 2 aromatic rings. The van der Waals surface area contributed by atoms with E-state index in [1.807, 2.05) is 18.2 Å². The van der Waals surface area contributed by atoms with Crippen molar-refractivity contribution in [2.45, 2.75) is 12.5 Å². The summed E-state index contributed by atoms with van der Waals surface area (Å²) in [7, 11) is 0. The van der Waals surface area contributed by atoms with Crippen molar-refractivity contribution in [3.8, 4) is 5.75 Å². The third kappa shape index (κ3) is 2.89. The molecule has 0 saturated heterocycles. The van der Waals surface area contributed by atoms with Crippen LogP contribution in [0, 0.1) is 5.82 Å². The van der Waals surface area contributed by atoms with Gasteiger partial charge in [-0.3, -0.25) is 0 Å². The largest absolute Gasteiger partial charge is 0.488 e. The van der Waals surface area contributed by atoms with Gasteiger partial charge >= 0.3 is 0 Å². The molecule has 1 unspecified atom stereocenters. The normalized spacial score (nSPS) is 16.8. The molecule has 0 fully saturated rings. The monoisotopic (exact) mass is 321 g/mol. The first kappa shape index (κ1) is 12.5. The van der Waals surface area contributed by atoms with Crippen molar-refractivity contribution >= 4 is 21.6 Å². The van der Waals surface area contributed by atoms with Crippen molar-refractivity contribution in [3.05, 3.63) is 58.3 Å². The highest BCUT2D eigenvalue weighted by atomic mass is 79.9. The number of anilines is 1. The standard InChI is InChI=1S/C15H13BrFNO/c16-11-4-5-15-10(6-11)7-14(19-15)9-18-13-3-1-2-12(17)8-13/h1-6,8,14,18H,7,9H2. The Morgan fingerprint density at radius 3 is 3.00 bits per heavy atom. The van der Waals surface area contributed by atoms with Gasteiger partial charge in [0, 0.05) is 16.6 Å². The van der Waals surface area contributed by atoms with Crippen LogP contribution in [0.1, 0.15) is 5.56 Å². The molecule has 1 atom stereocenters. The molecule has 0 aromatic heterocycles. The molecular weight excluding hydrogens is 309 g/mol. The topological polar surface area (TPSA) is 21.3 Å². The first-order chi connectivity index (χ1) is 9.20. The average Bonchev–Trinajstić information content (AvgIpc) is 2.78. The molecule has 0 saturated carbocycles. The third-order valence-corrected chi connectivity index (χ3v) is 3.62. The lowest BCUT2D eigenvalue weighted by atomic mass is 10.1. The number of hydrogen-bond acceptors (Lipinski definition) is 2. The molecule has 0 bridgehead atoms. The predicted octanol–water partition coefficient (Wildman–Crippen LogP) is 4.00. The van der Waals surface area contributed by atoms with Gasteiger partial charge in [-0.05, 0) is 42.0 Å². The highest BCUT2D eigenvalue weighted by Crippen LogP contribution is 2.31. The molecule has 3 rings (SSSR count). The van der Waals surface area contributed by atoms with E-state index in [1.165, 1.54) is 17.7 Å². The van der Waals surface area contributed by atoms with Gasteiger partial charge in [0.15, 0.2) is 0 Å². The second-order valence-corrected chi connectivity index (χ2v) is 5.50. The number of rotatable bonds is 3. The minimum absolute atomic E-state index is 0.0903. The highest BCUT2D eigenvalue weighted by molar-refractivity contribution is 9.10. The van der Waals surface area contributed by atoms with Crippen LogP contribution in [0.25, 0.3) is 0 Å². The molecule has 1 aliphatic rings. The minimum Gasteiger partial charge on any atom is -0.488 e. The molecule has 0 amide bonds. The Labute approximate surface area is 119 Å². The second kappa shape index (κ2) is 5.21. The van der Waals surface area contributed by atoms with Crippen LogP contribution in [0.3, 0.4) is 0 Å². The quantitative estimate of drug-likeness (QED) is 0.922. The van der Waals surface area contributed by atoms with E-state index in [2.05, 4.69) is 27.3 Å². The SMILES string of the molecule is Fc1cccc(NCC2Cc3cc(Br)ccc3O2)c1. The summed E-state index contributed by atoms with van der Waals surface area (Å²) >= 11 is 3.46. The number of benzene rings is 2. The zero-order valence-corrected chi connectivity index (χ0v) is 11.8. The Kier molecular flexibility index (Phi) is 3.42. The minimum atomic E-state index is -0.232. The fraction of sp³-hybridized carbons (Fsp3) is 0.200. The van der Waals surface area contributed by atoms with Crippen LogP contribution in [0.2, 0.25) is 0 Å². The van der Waals surface area contributed by atoms with Gasteiger partial charge in [-0.1, -0.05) is 22.0 Å². The first-order valence-electron chi connectivity index (χ1n) is 6.15. The van der Waals surface area contributed by atoms with Crippen LogP contribution in [0.4, 0.5) is 10.1 Å². The van der Waals surface area contributed by atoms with Gasteiger partial charge in [0.25, 0.3) is 0 Å². The number of halogens is 2. The first-order valence-corrected chi connectivity index (χ1v) is 6.94. The van der Waals surface area contributed by atoms with E-state index in [-0.39, 0.29) is 11.9 Å². The van der Waals surface area contributed by atoms with Gasteiger partial charge in [-0.2, -0.15) is 0 Å².